The van der Waals surface area contributed by atoms with Gasteiger partial charge in [-0.2, -0.15) is 13.2 Å². The number of hydrogen-bond acceptors (Lipinski definition) is 3. The standard InChI is InChI=1S/C15H19F3N2O3/c1-10-4-5-12(13(7-10)23-9-15(16,17)18)19-14(22)20-6-2-3-11(21)8-20/h4-5,7,11,21H,2-3,6,8-9H2,1H3,(H,19,22). The maximum Gasteiger partial charge on any atom is 0.422 e. The summed E-state index contributed by atoms with van der Waals surface area (Å²) in [6, 6.07) is 4.14. The molecule has 1 aliphatic rings. The van der Waals surface area contributed by atoms with Crippen LogP contribution in [0.3, 0.4) is 0 Å². The lowest BCUT2D eigenvalue weighted by atomic mass is 10.1. The minimum atomic E-state index is -4.46. The summed E-state index contributed by atoms with van der Waals surface area (Å²) in [7, 11) is 0. The fraction of sp³-hybridized carbons (Fsp3) is 0.533. The van der Waals surface area contributed by atoms with Crippen molar-refractivity contribution in [1.82, 2.24) is 4.90 Å². The molecule has 0 aliphatic carbocycles. The van der Waals surface area contributed by atoms with Gasteiger partial charge in [-0.1, -0.05) is 6.07 Å². The summed E-state index contributed by atoms with van der Waals surface area (Å²) in [5, 5.41) is 12.1. The van der Waals surface area contributed by atoms with Crippen LogP contribution in [0.4, 0.5) is 23.7 Å². The van der Waals surface area contributed by atoms with Crippen molar-refractivity contribution in [3.63, 3.8) is 0 Å². The molecule has 1 unspecified atom stereocenters. The van der Waals surface area contributed by atoms with E-state index in [1.807, 2.05) is 0 Å². The molecular formula is C15H19F3N2O3. The average molecular weight is 332 g/mol. The van der Waals surface area contributed by atoms with Gasteiger partial charge in [-0.25, -0.2) is 4.79 Å². The number of ether oxygens (including phenoxy) is 1. The highest BCUT2D eigenvalue weighted by Gasteiger charge is 2.29. The second kappa shape index (κ2) is 7.08. The summed E-state index contributed by atoms with van der Waals surface area (Å²) in [6.45, 7) is 0.985. The molecule has 23 heavy (non-hydrogen) atoms. The van der Waals surface area contributed by atoms with Gasteiger partial charge < -0.3 is 20.1 Å². The van der Waals surface area contributed by atoms with Crippen molar-refractivity contribution >= 4 is 11.7 Å². The van der Waals surface area contributed by atoms with Gasteiger partial charge in [0.15, 0.2) is 6.61 Å². The first-order valence-corrected chi connectivity index (χ1v) is 7.29. The zero-order valence-corrected chi connectivity index (χ0v) is 12.7. The van der Waals surface area contributed by atoms with Crippen LogP contribution in [0.2, 0.25) is 0 Å². The number of benzene rings is 1. The van der Waals surface area contributed by atoms with Crippen molar-refractivity contribution in [2.75, 3.05) is 25.0 Å². The lowest BCUT2D eigenvalue weighted by molar-refractivity contribution is -0.153. The highest BCUT2D eigenvalue weighted by molar-refractivity contribution is 5.91. The maximum atomic E-state index is 12.3. The molecule has 2 N–H and O–H groups in total. The number of aliphatic hydroxyl groups excluding tert-OH is 1. The van der Waals surface area contributed by atoms with E-state index in [1.54, 1.807) is 13.0 Å². The van der Waals surface area contributed by atoms with Crippen LogP contribution < -0.4 is 10.1 Å². The SMILES string of the molecule is Cc1ccc(NC(=O)N2CCCC(O)C2)c(OCC(F)(F)F)c1. The van der Waals surface area contributed by atoms with Gasteiger partial charge in [0, 0.05) is 13.1 Å². The van der Waals surface area contributed by atoms with Gasteiger partial charge in [0.25, 0.3) is 0 Å². The molecule has 1 heterocycles. The lowest BCUT2D eigenvalue weighted by Gasteiger charge is -2.30. The Morgan fingerprint density at radius 1 is 1.48 bits per heavy atom. The molecule has 0 aromatic heterocycles. The van der Waals surface area contributed by atoms with Crippen LogP contribution in [0.1, 0.15) is 18.4 Å². The molecule has 0 radical (unpaired) electrons. The monoisotopic (exact) mass is 332 g/mol. The van der Waals surface area contributed by atoms with E-state index in [2.05, 4.69) is 5.32 Å². The Kier molecular flexibility index (Phi) is 5.35. The van der Waals surface area contributed by atoms with E-state index >= 15 is 0 Å². The number of alkyl halides is 3. The zero-order chi connectivity index (χ0) is 17.0. The molecule has 1 aromatic carbocycles. The number of halogens is 3. The van der Waals surface area contributed by atoms with E-state index in [-0.39, 0.29) is 18.0 Å². The largest absolute Gasteiger partial charge is 0.482 e. The molecule has 8 heteroatoms. The quantitative estimate of drug-likeness (QED) is 0.895. The number of carbonyl (C=O) groups excluding carboxylic acids is 1. The Hall–Kier alpha value is -1.96. The second-order valence-electron chi connectivity index (χ2n) is 5.58. The lowest BCUT2D eigenvalue weighted by Crippen LogP contribution is -2.44. The summed E-state index contributed by atoms with van der Waals surface area (Å²) in [6.07, 6.45) is -3.72. The molecule has 0 bridgehead atoms. The number of rotatable bonds is 3. The van der Waals surface area contributed by atoms with Crippen molar-refractivity contribution in [2.45, 2.75) is 32.0 Å². The van der Waals surface area contributed by atoms with Crippen molar-refractivity contribution in [3.8, 4) is 5.75 Å². The third-order valence-electron chi connectivity index (χ3n) is 3.45. The van der Waals surface area contributed by atoms with E-state index in [0.29, 0.717) is 24.9 Å². The topological polar surface area (TPSA) is 61.8 Å². The van der Waals surface area contributed by atoms with E-state index in [4.69, 9.17) is 4.74 Å². The van der Waals surface area contributed by atoms with Gasteiger partial charge in [0.05, 0.1) is 11.8 Å². The number of carbonyl (C=O) groups is 1. The number of anilines is 1. The molecule has 1 atom stereocenters. The minimum absolute atomic E-state index is 0.0340. The molecule has 2 amide bonds. The van der Waals surface area contributed by atoms with E-state index in [1.165, 1.54) is 17.0 Å². The number of aliphatic hydroxyl groups is 1. The van der Waals surface area contributed by atoms with E-state index in [0.717, 1.165) is 0 Å². The summed E-state index contributed by atoms with van der Waals surface area (Å²) >= 11 is 0. The summed E-state index contributed by atoms with van der Waals surface area (Å²) in [5.41, 5.74) is 0.887. The Balaban J connectivity index is 2.07. The first-order chi connectivity index (χ1) is 10.7. The first-order valence-electron chi connectivity index (χ1n) is 7.29. The fourth-order valence-corrected chi connectivity index (χ4v) is 2.35. The Bertz CT molecular complexity index is 563. The van der Waals surface area contributed by atoms with E-state index < -0.39 is 24.9 Å². The highest BCUT2D eigenvalue weighted by atomic mass is 19.4. The van der Waals surface area contributed by atoms with Gasteiger partial charge in [-0.15, -0.1) is 0 Å². The summed E-state index contributed by atoms with van der Waals surface area (Å²) in [5.74, 6) is -0.0340. The molecule has 1 aliphatic heterocycles. The number of amides is 2. The molecule has 128 valence electrons. The van der Waals surface area contributed by atoms with Crippen LogP contribution in [0.25, 0.3) is 0 Å². The minimum Gasteiger partial charge on any atom is -0.482 e. The smallest absolute Gasteiger partial charge is 0.422 e. The molecule has 1 saturated heterocycles. The molecule has 2 rings (SSSR count). The summed E-state index contributed by atoms with van der Waals surface area (Å²) in [4.78, 5) is 13.6. The van der Waals surface area contributed by atoms with Crippen molar-refractivity contribution in [3.05, 3.63) is 23.8 Å². The van der Waals surface area contributed by atoms with E-state index in [9.17, 15) is 23.1 Å². The predicted octanol–water partition coefficient (Wildman–Crippen LogP) is 2.92. The van der Waals surface area contributed by atoms with Crippen molar-refractivity contribution in [2.24, 2.45) is 0 Å². The van der Waals surface area contributed by atoms with Crippen molar-refractivity contribution in [1.29, 1.82) is 0 Å². The van der Waals surface area contributed by atoms with Crippen LogP contribution in [0.5, 0.6) is 5.75 Å². The fourth-order valence-electron chi connectivity index (χ4n) is 2.35. The second-order valence-corrected chi connectivity index (χ2v) is 5.58. The molecule has 1 aromatic rings. The zero-order valence-electron chi connectivity index (χ0n) is 12.7. The van der Waals surface area contributed by atoms with Crippen LogP contribution >= 0.6 is 0 Å². The number of aryl methyl sites for hydroxylation is 1. The third kappa shape index (κ3) is 5.31. The Morgan fingerprint density at radius 3 is 2.87 bits per heavy atom. The van der Waals surface area contributed by atoms with Gasteiger partial charge >= 0.3 is 12.2 Å². The van der Waals surface area contributed by atoms with Gasteiger partial charge in [0.1, 0.15) is 5.75 Å². The highest BCUT2D eigenvalue weighted by Crippen LogP contribution is 2.28. The predicted molar refractivity (Wildman–Crippen MR) is 78.6 cm³/mol. The number of nitrogens with zero attached hydrogens (tertiary/aromatic N) is 1. The molecule has 1 fully saturated rings. The van der Waals surface area contributed by atoms with Crippen LogP contribution in [0, 0.1) is 6.92 Å². The number of piperidine rings is 1. The normalized spacial score (nSPS) is 18.7. The molecular weight excluding hydrogens is 313 g/mol. The van der Waals surface area contributed by atoms with Crippen LogP contribution in [-0.4, -0.2) is 48.0 Å². The van der Waals surface area contributed by atoms with Crippen LogP contribution in [-0.2, 0) is 0 Å². The van der Waals surface area contributed by atoms with Gasteiger partial charge in [0.2, 0.25) is 0 Å². The molecule has 0 saturated carbocycles. The summed E-state index contributed by atoms with van der Waals surface area (Å²) < 4.78 is 41.7. The van der Waals surface area contributed by atoms with Gasteiger partial charge in [-0.05, 0) is 37.5 Å². The van der Waals surface area contributed by atoms with Crippen molar-refractivity contribution < 1.29 is 27.8 Å². The Morgan fingerprint density at radius 2 is 2.22 bits per heavy atom. The third-order valence-corrected chi connectivity index (χ3v) is 3.45. The molecule has 5 nitrogen and oxygen atoms in total. The average Bonchev–Trinajstić information content (AvgIpc) is 2.46. The van der Waals surface area contributed by atoms with Gasteiger partial charge in [-0.3, -0.25) is 0 Å². The molecule has 0 spiro atoms. The number of hydrogen-bond donors (Lipinski definition) is 2. The van der Waals surface area contributed by atoms with Crippen LogP contribution in [0.15, 0.2) is 18.2 Å². The first kappa shape index (κ1) is 17.4. The number of nitrogens with one attached hydrogen (secondary N) is 1. The maximum absolute atomic E-state index is 12.3. The number of urea groups is 1. The number of likely N-dealkylation sites (tertiary alicyclic amines) is 1. The number of β-amino-alcohol motifs (C(OH)–C–C–N with tert-alkyl or cyclic N) is 1. The Labute approximate surface area is 132 Å².